The van der Waals surface area contributed by atoms with E-state index in [9.17, 15) is 32.7 Å². The number of ketones is 1. The molecule has 52 heavy (non-hydrogen) atoms. The second kappa shape index (κ2) is 17.4. The second-order valence-corrected chi connectivity index (χ2v) is 16.1. The molecular weight excluding hydrogens is 705 g/mol. The van der Waals surface area contributed by atoms with Gasteiger partial charge in [-0.25, -0.2) is 0 Å². The number of amides is 2. The molecule has 6 rings (SSSR count). The van der Waals surface area contributed by atoms with Crippen LogP contribution in [0.15, 0.2) is 0 Å². The number of halogens is 4. The van der Waals surface area contributed by atoms with Gasteiger partial charge < -0.3 is 26.0 Å². The monoisotopic (exact) mass is 762 g/mol. The molecule has 5 saturated heterocycles. The molecule has 0 aromatic heterocycles. The average molecular weight is 763 g/mol. The van der Waals surface area contributed by atoms with Crippen LogP contribution in [0.2, 0.25) is 0 Å². The second-order valence-electron chi connectivity index (χ2n) is 15.6. The van der Waals surface area contributed by atoms with Crippen LogP contribution in [0.25, 0.3) is 0 Å². The average Bonchev–Trinajstić information content (AvgIpc) is 3.13. The van der Waals surface area contributed by atoms with Crippen molar-refractivity contribution in [3.8, 4) is 0 Å². The van der Waals surface area contributed by atoms with E-state index in [1.54, 1.807) is 4.90 Å². The first kappa shape index (κ1) is 40.0. The number of fused-ring (bicyclic) bond motifs is 1. The van der Waals surface area contributed by atoms with Crippen LogP contribution in [0.1, 0.15) is 52.4 Å². The fourth-order valence-electron chi connectivity index (χ4n) is 9.16. The number of carbonyl (C=O) groups is 3. The zero-order valence-electron chi connectivity index (χ0n) is 30.3. The third kappa shape index (κ3) is 9.06. The maximum absolute atomic E-state index is 14.6. The summed E-state index contributed by atoms with van der Waals surface area (Å²) in [6.45, 7) is 9.08. The zero-order valence-corrected chi connectivity index (χ0v) is 31.0. The summed E-state index contributed by atoms with van der Waals surface area (Å²) < 4.78 is 40.1. The molecule has 5 aliphatic heterocycles. The lowest BCUT2D eigenvalue weighted by molar-refractivity contribution is -0.182. The quantitative estimate of drug-likeness (QED) is 0.128. The van der Waals surface area contributed by atoms with Crippen LogP contribution < -0.4 is 37.2 Å². The maximum Gasteiger partial charge on any atom is 0.391 e. The van der Waals surface area contributed by atoms with Crippen molar-refractivity contribution >= 4 is 29.2 Å². The fourth-order valence-corrected chi connectivity index (χ4v) is 9.56. The Balaban J connectivity index is 1.15. The third-order valence-corrected chi connectivity index (χ3v) is 12.7. The molecule has 1 saturated carbocycles. The SMILES string of the molecule is CCC1C(N2CCN(C(=O)C3NCNC(C)C3O)CC2)C(=O)C2NC(CNC3CCCNC3)CNC2N1CC(=O)NC1CCC(C(F)(F)F)CC1Cl. The van der Waals surface area contributed by atoms with Gasteiger partial charge in [0, 0.05) is 82.7 Å². The summed E-state index contributed by atoms with van der Waals surface area (Å²) in [4.78, 5) is 47.6. The number of nitrogens with zero attached hydrogens (tertiary/aromatic N) is 3. The molecule has 0 radical (unpaired) electrons. The molecular formula is C34H58ClF3N10O4. The number of piperazine rings is 2. The van der Waals surface area contributed by atoms with Crippen molar-refractivity contribution < 1.29 is 32.7 Å². The Hall–Kier alpha value is -1.67. The van der Waals surface area contributed by atoms with Crippen molar-refractivity contribution in [1.82, 2.24) is 51.9 Å². The van der Waals surface area contributed by atoms with E-state index in [1.165, 1.54) is 0 Å². The van der Waals surface area contributed by atoms with Gasteiger partial charge in [0.15, 0.2) is 5.78 Å². The molecule has 0 bridgehead atoms. The molecule has 1 aliphatic carbocycles. The Labute approximate surface area is 309 Å². The van der Waals surface area contributed by atoms with Gasteiger partial charge in [-0.05, 0) is 52.0 Å². The summed E-state index contributed by atoms with van der Waals surface area (Å²) in [6.07, 6.45) is -3.05. The first-order valence-corrected chi connectivity index (χ1v) is 19.7. The van der Waals surface area contributed by atoms with Crippen molar-refractivity contribution in [3.05, 3.63) is 0 Å². The molecule has 296 valence electrons. The van der Waals surface area contributed by atoms with E-state index >= 15 is 0 Å². The van der Waals surface area contributed by atoms with E-state index in [1.807, 2.05) is 18.7 Å². The van der Waals surface area contributed by atoms with Gasteiger partial charge in [0.2, 0.25) is 11.8 Å². The van der Waals surface area contributed by atoms with Crippen LogP contribution in [0.5, 0.6) is 0 Å². The number of alkyl halides is 4. The Bertz CT molecular complexity index is 1240. The van der Waals surface area contributed by atoms with E-state index in [0.717, 1.165) is 25.9 Å². The summed E-state index contributed by atoms with van der Waals surface area (Å²) in [5, 5.41) is 33.2. The normalized spacial score (nSPS) is 39.9. The Morgan fingerprint density at radius 1 is 1.06 bits per heavy atom. The van der Waals surface area contributed by atoms with Gasteiger partial charge in [-0.2, -0.15) is 13.2 Å². The predicted molar refractivity (Wildman–Crippen MR) is 189 cm³/mol. The number of aliphatic hydroxyl groups is 1. The van der Waals surface area contributed by atoms with Crippen molar-refractivity contribution in [3.63, 3.8) is 0 Å². The molecule has 8 N–H and O–H groups in total. The molecule has 18 heteroatoms. The summed E-state index contributed by atoms with van der Waals surface area (Å²) in [7, 11) is 0. The van der Waals surface area contributed by atoms with E-state index in [-0.39, 0.29) is 61.5 Å². The summed E-state index contributed by atoms with van der Waals surface area (Å²) >= 11 is 6.42. The minimum absolute atomic E-state index is 0.0248. The molecule has 14 nitrogen and oxygen atoms in total. The van der Waals surface area contributed by atoms with Gasteiger partial charge >= 0.3 is 6.18 Å². The molecule has 5 heterocycles. The number of carbonyl (C=O) groups excluding carboxylic acids is 3. The van der Waals surface area contributed by atoms with Gasteiger partial charge in [-0.3, -0.25) is 45.5 Å². The molecule has 12 atom stereocenters. The van der Waals surface area contributed by atoms with Crippen LogP contribution in [0.3, 0.4) is 0 Å². The molecule has 12 unspecified atom stereocenters. The van der Waals surface area contributed by atoms with Crippen molar-refractivity contribution in [2.24, 2.45) is 5.92 Å². The lowest BCUT2D eigenvalue weighted by Crippen LogP contribution is -2.80. The number of hydrogen-bond donors (Lipinski definition) is 8. The van der Waals surface area contributed by atoms with Gasteiger partial charge in [0.05, 0.1) is 42.2 Å². The van der Waals surface area contributed by atoms with Crippen molar-refractivity contribution in [2.45, 2.75) is 125 Å². The molecule has 2 amide bonds. The van der Waals surface area contributed by atoms with Crippen molar-refractivity contribution in [2.75, 3.05) is 65.6 Å². The number of Topliss-reactive ketones (excluding diaryl/α,β-unsaturated/α-hetero) is 1. The van der Waals surface area contributed by atoms with Gasteiger partial charge in [-0.1, -0.05) is 6.92 Å². The highest BCUT2D eigenvalue weighted by molar-refractivity contribution is 6.21. The minimum atomic E-state index is -4.32. The Morgan fingerprint density at radius 2 is 1.83 bits per heavy atom. The van der Waals surface area contributed by atoms with Crippen LogP contribution in [0, 0.1) is 5.92 Å². The third-order valence-electron chi connectivity index (χ3n) is 12.2. The van der Waals surface area contributed by atoms with E-state index < -0.39 is 53.9 Å². The van der Waals surface area contributed by atoms with E-state index in [4.69, 9.17) is 11.6 Å². The highest BCUT2D eigenvalue weighted by Gasteiger charge is 2.53. The first-order chi connectivity index (χ1) is 24.8. The predicted octanol–water partition coefficient (Wildman–Crippen LogP) is -1.52. The molecule has 0 spiro atoms. The number of aliphatic hydroxyl groups excluding tert-OH is 1. The van der Waals surface area contributed by atoms with Crippen LogP contribution in [0.4, 0.5) is 13.2 Å². The van der Waals surface area contributed by atoms with Crippen LogP contribution in [-0.2, 0) is 14.4 Å². The standard InChI is InChI=1S/C34H58ClF3N10O4/c1-3-25-29(46-9-11-47(12-10-46)33(52)28-30(50)19(2)42-18-43-28)31(51)27-32(41-16-22(44-27)15-40-21-5-4-8-39-14-21)48(25)17-26(49)45-24-7-6-20(13-23(24)35)34(36,37)38/h19-25,27-30,32,39-44,50H,3-18H2,1-2H3,(H,45,49). The summed E-state index contributed by atoms with van der Waals surface area (Å²) in [5.41, 5.74) is 0. The highest BCUT2D eigenvalue weighted by Crippen LogP contribution is 2.39. The maximum atomic E-state index is 14.6. The molecule has 6 aliphatic rings. The summed E-state index contributed by atoms with van der Waals surface area (Å²) in [5.74, 6) is -1.93. The Kier molecular flexibility index (Phi) is 13.4. The van der Waals surface area contributed by atoms with E-state index in [0.29, 0.717) is 58.4 Å². The molecule has 6 fully saturated rings. The number of likely N-dealkylation sites (tertiary alicyclic amines) is 1. The lowest BCUT2D eigenvalue weighted by Gasteiger charge is -2.55. The van der Waals surface area contributed by atoms with Crippen LogP contribution >= 0.6 is 11.6 Å². The largest absolute Gasteiger partial charge is 0.391 e. The number of nitrogens with one attached hydrogen (secondary N) is 7. The molecule has 0 aromatic carbocycles. The number of hydrogen-bond acceptors (Lipinski definition) is 12. The Morgan fingerprint density at radius 3 is 2.50 bits per heavy atom. The van der Waals surface area contributed by atoms with Gasteiger partial charge in [0.25, 0.3) is 0 Å². The summed E-state index contributed by atoms with van der Waals surface area (Å²) in [6, 6.07) is -2.67. The van der Waals surface area contributed by atoms with Gasteiger partial charge in [0.1, 0.15) is 6.04 Å². The van der Waals surface area contributed by atoms with Crippen LogP contribution in [-0.4, -0.2) is 175 Å². The fraction of sp³-hybridized carbons (Fsp3) is 0.912. The highest BCUT2D eigenvalue weighted by atomic mass is 35.5. The lowest BCUT2D eigenvalue weighted by atomic mass is 9.84. The minimum Gasteiger partial charge on any atom is -0.389 e. The van der Waals surface area contributed by atoms with Crippen molar-refractivity contribution in [1.29, 1.82) is 0 Å². The topological polar surface area (TPSA) is 165 Å². The van der Waals surface area contributed by atoms with E-state index in [2.05, 4.69) is 42.1 Å². The van der Waals surface area contributed by atoms with Gasteiger partial charge in [-0.15, -0.1) is 11.6 Å². The molecule has 0 aromatic rings. The number of rotatable bonds is 9. The first-order valence-electron chi connectivity index (χ1n) is 19.3. The smallest absolute Gasteiger partial charge is 0.389 e. The zero-order chi connectivity index (χ0) is 37.2. The number of piperidine rings is 2.